The van der Waals surface area contributed by atoms with Gasteiger partial charge in [0.1, 0.15) is 22.6 Å². The monoisotopic (exact) mass is 460 g/mol. The second kappa shape index (κ2) is 10.0. The molecule has 6 nitrogen and oxygen atoms in total. The highest BCUT2D eigenvalue weighted by Gasteiger charge is 2.37. The smallest absolute Gasteiger partial charge is 0.247 e. The van der Waals surface area contributed by atoms with Crippen LogP contribution in [0.4, 0.5) is 4.39 Å². The molecule has 2 aromatic carbocycles. The zero-order valence-corrected chi connectivity index (χ0v) is 19.6. The molecule has 0 saturated carbocycles. The van der Waals surface area contributed by atoms with Gasteiger partial charge in [0.15, 0.2) is 0 Å². The number of aliphatic hydroxyl groups is 1. The molecule has 0 spiro atoms. The minimum absolute atomic E-state index is 0.0461. The van der Waals surface area contributed by atoms with Gasteiger partial charge in [-0.3, -0.25) is 0 Å². The topological polar surface area (TPSA) is 70.1 Å². The molecule has 0 aliphatic carbocycles. The first-order valence-electron chi connectivity index (χ1n) is 10.5. The Morgan fingerprint density at radius 3 is 2.53 bits per heavy atom. The van der Waals surface area contributed by atoms with E-state index in [0.29, 0.717) is 17.7 Å². The molecule has 2 aromatic rings. The van der Waals surface area contributed by atoms with Crippen LogP contribution in [0, 0.1) is 23.6 Å². The van der Waals surface area contributed by atoms with Crippen molar-refractivity contribution in [1.82, 2.24) is 9.21 Å². The number of likely N-dealkylation sites (N-methyl/N-ethyl adjacent to an activating group) is 1. The maximum atomic E-state index is 13.4. The summed E-state index contributed by atoms with van der Waals surface area (Å²) in [5, 5.41) is 9.68. The number of ether oxygens (including phenoxy) is 1. The minimum atomic E-state index is -3.89. The minimum Gasteiger partial charge on any atom is -0.487 e. The van der Waals surface area contributed by atoms with Crippen LogP contribution in [0.2, 0.25) is 0 Å². The third-order valence-corrected chi connectivity index (χ3v) is 7.41. The van der Waals surface area contributed by atoms with Crippen LogP contribution >= 0.6 is 0 Å². The fourth-order valence-corrected chi connectivity index (χ4v) is 5.42. The molecule has 172 valence electrons. The van der Waals surface area contributed by atoms with Gasteiger partial charge in [0.25, 0.3) is 0 Å². The van der Waals surface area contributed by atoms with Crippen molar-refractivity contribution in [3.63, 3.8) is 0 Å². The summed E-state index contributed by atoms with van der Waals surface area (Å²) in [6, 6.07) is 10.1. The first-order chi connectivity index (χ1) is 15.1. The molecular weight excluding hydrogens is 431 g/mol. The van der Waals surface area contributed by atoms with Crippen LogP contribution < -0.4 is 4.74 Å². The van der Waals surface area contributed by atoms with Gasteiger partial charge in [-0.05, 0) is 57.4 Å². The van der Waals surface area contributed by atoms with Crippen molar-refractivity contribution >= 4 is 10.0 Å². The van der Waals surface area contributed by atoms with E-state index in [2.05, 4.69) is 11.8 Å². The van der Waals surface area contributed by atoms with E-state index in [-0.39, 0.29) is 41.6 Å². The molecule has 3 atom stereocenters. The van der Waals surface area contributed by atoms with E-state index < -0.39 is 16.1 Å². The highest BCUT2D eigenvalue weighted by molar-refractivity contribution is 7.89. The third kappa shape index (κ3) is 5.48. The van der Waals surface area contributed by atoms with Gasteiger partial charge in [-0.2, -0.15) is 4.31 Å². The van der Waals surface area contributed by atoms with Crippen molar-refractivity contribution < 1.29 is 22.7 Å². The second-order valence-electron chi connectivity index (χ2n) is 8.42. The summed E-state index contributed by atoms with van der Waals surface area (Å²) in [7, 11) is -0.0272. The van der Waals surface area contributed by atoms with Crippen LogP contribution in [-0.2, 0) is 10.0 Å². The number of hydrogen-bond donors (Lipinski definition) is 1. The maximum Gasteiger partial charge on any atom is 0.247 e. The van der Waals surface area contributed by atoms with Gasteiger partial charge in [0.2, 0.25) is 10.0 Å². The first kappa shape index (κ1) is 24.2. The number of nitrogens with zero attached hydrogens (tertiary/aromatic N) is 2. The summed E-state index contributed by atoms with van der Waals surface area (Å²) in [6.45, 7) is 4.19. The van der Waals surface area contributed by atoms with Crippen LogP contribution in [0.1, 0.15) is 25.0 Å². The lowest BCUT2D eigenvalue weighted by molar-refractivity contribution is 0.0812. The molecule has 3 rings (SSSR count). The van der Waals surface area contributed by atoms with E-state index in [1.165, 1.54) is 22.5 Å². The van der Waals surface area contributed by atoms with Crippen LogP contribution in [0.3, 0.4) is 0 Å². The molecule has 0 bridgehead atoms. The normalized spacial score (nSPS) is 21.5. The predicted molar refractivity (Wildman–Crippen MR) is 121 cm³/mol. The van der Waals surface area contributed by atoms with E-state index >= 15 is 0 Å². The quantitative estimate of drug-likeness (QED) is 0.711. The lowest BCUT2D eigenvalue weighted by Gasteiger charge is -2.37. The molecule has 0 radical (unpaired) electrons. The van der Waals surface area contributed by atoms with Crippen LogP contribution in [-0.4, -0.2) is 68.7 Å². The van der Waals surface area contributed by atoms with E-state index in [0.717, 1.165) is 0 Å². The SMILES string of the molecule is C[C@H](CO)N1C[C@H](C)[C@@H](CN(C)C)Oc2cc(C#Cc3cccc(F)c3)ccc2S1(=O)=O. The maximum absolute atomic E-state index is 13.4. The number of fused-ring (bicyclic) bond motifs is 1. The first-order valence-corrected chi connectivity index (χ1v) is 11.9. The lowest BCUT2D eigenvalue weighted by atomic mass is 10.0. The Morgan fingerprint density at radius 2 is 1.91 bits per heavy atom. The predicted octanol–water partition coefficient (Wildman–Crippen LogP) is 2.56. The van der Waals surface area contributed by atoms with Gasteiger partial charge in [-0.15, -0.1) is 0 Å². The summed E-state index contributed by atoms with van der Waals surface area (Å²) in [5.74, 6) is 5.60. The molecule has 0 unspecified atom stereocenters. The Labute approximate surface area is 189 Å². The highest BCUT2D eigenvalue weighted by Crippen LogP contribution is 2.34. The zero-order valence-electron chi connectivity index (χ0n) is 18.7. The van der Waals surface area contributed by atoms with E-state index in [1.54, 1.807) is 31.2 Å². The summed E-state index contributed by atoms with van der Waals surface area (Å²) in [4.78, 5) is 2.04. The lowest BCUT2D eigenvalue weighted by Crippen LogP contribution is -2.49. The van der Waals surface area contributed by atoms with Crippen molar-refractivity contribution in [2.24, 2.45) is 5.92 Å². The number of halogens is 1. The van der Waals surface area contributed by atoms with Crippen molar-refractivity contribution in [3.05, 3.63) is 59.4 Å². The van der Waals surface area contributed by atoms with E-state index in [1.807, 2.05) is 25.9 Å². The Morgan fingerprint density at radius 1 is 1.22 bits per heavy atom. The van der Waals surface area contributed by atoms with Crippen molar-refractivity contribution in [1.29, 1.82) is 0 Å². The van der Waals surface area contributed by atoms with Gasteiger partial charge in [0.05, 0.1) is 6.61 Å². The number of hydrogen-bond acceptors (Lipinski definition) is 5. The Balaban J connectivity index is 2.08. The van der Waals surface area contributed by atoms with Crippen molar-refractivity contribution in [2.45, 2.75) is 30.9 Å². The van der Waals surface area contributed by atoms with Gasteiger partial charge in [-0.1, -0.05) is 24.8 Å². The number of aliphatic hydroxyl groups excluding tert-OH is 1. The average Bonchev–Trinajstić information content (AvgIpc) is 2.74. The number of sulfonamides is 1. The van der Waals surface area contributed by atoms with Gasteiger partial charge in [0, 0.05) is 36.2 Å². The average molecular weight is 461 g/mol. The highest BCUT2D eigenvalue weighted by atomic mass is 32.2. The number of rotatable bonds is 4. The molecule has 1 N–H and O–H groups in total. The standard InChI is InChI=1S/C24H29FN2O4S/c1-17-14-27(18(2)16-28)32(29,30)24-11-10-20(9-8-19-6-5-7-21(25)12-19)13-22(24)31-23(17)15-26(3)4/h5-7,10-13,17-18,23,28H,14-16H2,1-4H3/t17-,18+,23+/m0/s1. The van der Waals surface area contributed by atoms with Crippen LogP contribution in [0.5, 0.6) is 5.75 Å². The van der Waals surface area contributed by atoms with Gasteiger partial charge < -0.3 is 14.7 Å². The Bertz CT molecular complexity index is 1120. The summed E-state index contributed by atoms with van der Waals surface area (Å²) in [5.41, 5.74) is 1.08. The molecule has 32 heavy (non-hydrogen) atoms. The molecule has 8 heteroatoms. The van der Waals surface area contributed by atoms with Gasteiger partial charge in [-0.25, -0.2) is 12.8 Å². The van der Waals surface area contributed by atoms with E-state index in [4.69, 9.17) is 4.74 Å². The molecule has 0 fully saturated rings. The zero-order chi connectivity index (χ0) is 23.5. The van der Waals surface area contributed by atoms with Crippen molar-refractivity contribution in [3.8, 4) is 17.6 Å². The largest absolute Gasteiger partial charge is 0.487 e. The molecule has 0 saturated heterocycles. The van der Waals surface area contributed by atoms with Crippen LogP contribution in [0.25, 0.3) is 0 Å². The molecule has 0 amide bonds. The summed E-state index contributed by atoms with van der Waals surface area (Å²) < 4.78 is 47.9. The second-order valence-corrected chi connectivity index (χ2v) is 10.3. The fourth-order valence-electron chi connectivity index (χ4n) is 3.59. The fraction of sp³-hybridized carbons (Fsp3) is 0.417. The summed E-state index contributed by atoms with van der Waals surface area (Å²) >= 11 is 0. The number of benzene rings is 2. The molecule has 1 heterocycles. The van der Waals surface area contributed by atoms with E-state index in [9.17, 15) is 17.9 Å². The Hall–Kier alpha value is -2.44. The molecule has 1 aliphatic heterocycles. The summed E-state index contributed by atoms with van der Waals surface area (Å²) in [6.07, 6.45) is -0.265. The van der Waals surface area contributed by atoms with Crippen LogP contribution in [0.15, 0.2) is 47.4 Å². The van der Waals surface area contributed by atoms with Gasteiger partial charge >= 0.3 is 0 Å². The Kier molecular flexibility index (Phi) is 7.57. The molecular formula is C24H29FN2O4S. The van der Waals surface area contributed by atoms with Crippen molar-refractivity contribution in [2.75, 3.05) is 33.8 Å². The molecule has 1 aliphatic rings. The third-order valence-electron chi connectivity index (χ3n) is 5.39. The molecule has 0 aromatic heterocycles.